The molecule has 0 saturated heterocycles. The van der Waals surface area contributed by atoms with Crippen molar-refractivity contribution < 1.29 is 9.53 Å². The zero-order valence-corrected chi connectivity index (χ0v) is 13.0. The minimum absolute atomic E-state index is 0.00884. The van der Waals surface area contributed by atoms with Gasteiger partial charge in [0.2, 0.25) is 0 Å². The van der Waals surface area contributed by atoms with Crippen molar-refractivity contribution in [3.05, 3.63) is 11.6 Å². The van der Waals surface area contributed by atoms with Crippen LogP contribution in [0.25, 0.3) is 0 Å². The number of ether oxygens (including phenoxy) is 1. The van der Waals surface area contributed by atoms with E-state index in [0.717, 1.165) is 25.8 Å². The SMILES string of the molecule is COC(=O)[C@H](CC1CCCCC1)C1=CCCN[C@@H](C)C1. The summed E-state index contributed by atoms with van der Waals surface area (Å²) < 4.78 is 5.08. The summed E-state index contributed by atoms with van der Waals surface area (Å²) >= 11 is 0. The number of hydrogen-bond donors (Lipinski definition) is 1. The lowest BCUT2D eigenvalue weighted by molar-refractivity contribution is -0.144. The van der Waals surface area contributed by atoms with E-state index in [4.69, 9.17) is 4.74 Å². The van der Waals surface area contributed by atoms with Crippen molar-refractivity contribution in [2.75, 3.05) is 13.7 Å². The third-order valence-electron chi connectivity index (χ3n) is 4.81. The Morgan fingerprint density at radius 2 is 2.15 bits per heavy atom. The van der Waals surface area contributed by atoms with E-state index in [9.17, 15) is 4.79 Å². The van der Waals surface area contributed by atoms with E-state index in [-0.39, 0.29) is 11.9 Å². The Labute approximate surface area is 123 Å². The van der Waals surface area contributed by atoms with Gasteiger partial charge in [0, 0.05) is 6.04 Å². The molecule has 0 unspecified atom stereocenters. The summed E-state index contributed by atoms with van der Waals surface area (Å²) in [5.41, 5.74) is 1.31. The third kappa shape index (κ3) is 4.34. The second kappa shape index (κ2) is 7.82. The zero-order chi connectivity index (χ0) is 14.4. The number of nitrogens with one attached hydrogen (secondary N) is 1. The lowest BCUT2D eigenvalue weighted by Gasteiger charge is -2.27. The molecule has 1 N–H and O–H groups in total. The van der Waals surface area contributed by atoms with Gasteiger partial charge >= 0.3 is 5.97 Å². The lowest BCUT2D eigenvalue weighted by atomic mass is 9.79. The molecule has 0 aromatic rings. The van der Waals surface area contributed by atoms with Gasteiger partial charge < -0.3 is 10.1 Å². The fourth-order valence-corrected chi connectivity index (χ4v) is 3.68. The van der Waals surface area contributed by atoms with E-state index in [2.05, 4.69) is 18.3 Å². The summed E-state index contributed by atoms with van der Waals surface area (Å²) in [4.78, 5) is 12.2. The number of esters is 1. The van der Waals surface area contributed by atoms with E-state index < -0.39 is 0 Å². The van der Waals surface area contributed by atoms with Crippen molar-refractivity contribution in [1.82, 2.24) is 5.32 Å². The maximum Gasteiger partial charge on any atom is 0.312 e. The smallest absolute Gasteiger partial charge is 0.312 e. The van der Waals surface area contributed by atoms with Crippen LogP contribution in [-0.4, -0.2) is 25.7 Å². The standard InChI is InChI=1S/C17H29NO2/c1-13-11-15(9-6-10-18-13)16(17(19)20-2)12-14-7-4-3-5-8-14/h9,13-14,16,18H,3-8,10-12H2,1-2H3/t13-,16+/m0/s1. The molecule has 0 bridgehead atoms. The molecule has 0 aromatic heterocycles. The van der Waals surface area contributed by atoms with Gasteiger partial charge in [-0.3, -0.25) is 4.79 Å². The van der Waals surface area contributed by atoms with Crippen LogP contribution in [-0.2, 0) is 9.53 Å². The largest absolute Gasteiger partial charge is 0.469 e. The van der Waals surface area contributed by atoms with Gasteiger partial charge in [-0.05, 0) is 38.6 Å². The molecule has 3 nitrogen and oxygen atoms in total. The first-order valence-electron chi connectivity index (χ1n) is 8.21. The highest BCUT2D eigenvalue weighted by Gasteiger charge is 2.29. The van der Waals surface area contributed by atoms with Crippen molar-refractivity contribution in [1.29, 1.82) is 0 Å². The fraction of sp³-hybridized carbons (Fsp3) is 0.824. The van der Waals surface area contributed by atoms with Crippen LogP contribution in [0, 0.1) is 11.8 Å². The van der Waals surface area contributed by atoms with Gasteiger partial charge in [-0.1, -0.05) is 43.8 Å². The molecule has 0 amide bonds. The molecule has 2 atom stereocenters. The topological polar surface area (TPSA) is 38.3 Å². The molecule has 0 spiro atoms. The molecule has 1 saturated carbocycles. The van der Waals surface area contributed by atoms with Crippen molar-refractivity contribution in [2.45, 2.75) is 64.3 Å². The Kier molecular flexibility index (Phi) is 6.08. The number of hydrogen-bond acceptors (Lipinski definition) is 3. The minimum atomic E-state index is -0.0316. The van der Waals surface area contributed by atoms with E-state index in [1.54, 1.807) is 0 Å². The van der Waals surface area contributed by atoms with Crippen molar-refractivity contribution >= 4 is 5.97 Å². The van der Waals surface area contributed by atoms with E-state index in [0.29, 0.717) is 12.0 Å². The molecule has 0 aromatic carbocycles. The average molecular weight is 279 g/mol. The summed E-state index contributed by atoms with van der Waals surface area (Å²) in [6.45, 7) is 3.22. The summed E-state index contributed by atoms with van der Waals surface area (Å²) in [7, 11) is 1.52. The van der Waals surface area contributed by atoms with Gasteiger partial charge in [-0.2, -0.15) is 0 Å². The number of carbonyl (C=O) groups excluding carboxylic acids is 1. The van der Waals surface area contributed by atoms with Crippen LogP contribution in [0.15, 0.2) is 11.6 Å². The van der Waals surface area contributed by atoms with Gasteiger partial charge in [-0.15, -0.1) is 0 Å². The molecule has 114 valence electrons. The molecule has 1 aliphatic heterocycles. The van der Waals surface area contributed by atoms with Gasteiger partial charge in [0.1, 0.15) is 0 Å². The molecule has 1 aliphatic carbocycles. The molecule has 2 rings (SSSR count). The fourth-order valence-electron chi connectivity index (χ4n) is 3.68. The first-order chi connectivity index (χ1) is 9.70. The molecular formula is C17H29NO2. The number of methoxy groups -OCH3 is 1. The van der Waals surface area contributed by atoms with Gasteiger partial charge in [-0.25, -0.2) is 0 Å². The Hall–Kier alpha value is -0.830. The number of carbonyl (C=O) groups is 1. The van der Waals surface area contributed by atoms with Crippen LogP contribution in [0.1, 0.15) is 58.3 Å². The van der Waals surface area contributed by atoms with Crippen LogP contribution < -0.4 is 5.32 Å². The quantitative estimate of drug-likeness (QED) is 0.633. The predicted molar refractivity (Wildman–Crippen MR) is 81.5 cm³/mol. The highest BCUT2D eigenvalue weighted by Crippen LogP contribution is 2.34. The summed E-state index contributed by atoms with van der Waals surface area (Å²) in [6.07, 6.45) is 11.9. The van der Waals surface area contributed by atoms with Gasteiger partial charge in [0.15, 0.2) is 0 Å². The first-order valence-corrected chi connectivity index (χ1v) is 8.21. The van der Waals surface area contributed by atoms with Crippen LogP contribution in [0.2, 0.25) is 0 Å². The molecule has 20 heavy (non-hydrogen) atoms. The monoisotopic (exact) mass is 279 g/mol. The molecule has 0 radical (unpaired) electrons. The summed E-state index contributed by atoms with van der Waals surface area (Å²) in [6, 6.07) is 0.460. The molecule has 1 heterocycles. The Bertz CT molecular complexity index is 345. The van der Waals surface area contributed by atoms with Crippen molar-refractivity contribution in [3.63, 3.8) is 0 Å². The third-order valence-corrected chi connectivity index (χ3v) is 4.81. The molecular weight excluding hydrogens is 250 g/mol. The Morgan fingerprint density at radius 3 is 2.85 bits per heavy atom. The van der Waals surface area contributed by atoms with E-state index in [1.807, 2.05) is 0 Å². The highest BCUT2D eigenvalue weighted by molar-refractivity contribution is 5.75. The van der Waals surface area contributed by atoms with Gasteiger partial charge in [0.05, 0.1) is 13.0 Å². The van der Waals surface area contributed by atoms with Crippen LogP contribution in [0.5, 0.6) is 0 Å². The van der Waals surface area contributed by atoms with Crippen LogP contribution in [0.3, 0.4) is 0 Å². The van der Waals surface area contributed by atoms with E-state index >= 15 is 0 Å². The second-order valence-corrected chi connectivity index (χ2v) is 6.44. The van der Waals surface area contributed by atoms with Crippen LogP contribution >= 0.6 is 0 Å². The second-order valence-electron chi connectivity index (χ2n) is 6.44. The molecule has 3 heteroatoms. The summed E-state index contributed by atoms with van der Waals surface area (Å²) in [5.74, 6) is 0.668. The minimum Gasteiger partial charge on any atom is -0.469 e. The normalized spacial score (nSPS) is 26.5. The van der Waals surface area contributed by atoms with Crippen molar-refractivity contribution in [2.24, 2.45) is 11.8 Å². The Balaban J connectivity index is 2.05. The Morgan fingerprint density at radius 1 is 1.40 bits per heavy atom. The van der Waals surface area contributed by atoms with E-state index in [1.165, 1.54) is 44.8 Å². The predicted octanol–water partition coefficient (Wildman–Crippen LogP) is 3.44. The molecule has 2 aliphatic rings. The van der Waals surface area contributed by atoms with Gasteiger partial charge in [0.25, 0.3) is 0 Å². The zero-order valence-electron chi connectivity index (χ0n) is 13.0. The maximum absolute atomic E-state index is 12.2. The molecule has 1 fully saturated rings. The number of rotatable bonds is 4. The van der Waals surface area contributed by atoms with Crippen LogP contribution in [0.4, 0.5) is 0 Å². The van der Waals surface area contributed by atoms with Crippen molar-refractivity contribution in [3.8, 4) is 0 Å². The highest BCUT2D eigenvalue weighted by atomic mass is 16.5. The lowest BCUT2D eigenvalue weighted by Crippen LogP contribution is -2.28. The maximum atomic E-state index is 12.2. The first kappa shape index (κ1) is 15.6. The average Bonchev–Trinajstić information content (AvgIpc) is 2.69. The summed E-state index contributed by atoms with van der Waals surface area (Å²) in [5, 5.41) is 3.49.